The van der Waals surface area contributed by atoms with Crippen LogP contribution in [0.5, 0.6) is 5.75 Å². The molecule has 0 aromatic heterocycles. The third kappa shape index (κ3) is 5.09. The zero-order chi connectivity index (χ0) is 16.7. The third-order valence-corrected chi connectivity index (χ3v) is 3.60. The van der Waals surface area contributed by atoms with Crippen LogP contribution in [0.2, 0.25) is 0 Å². The van der Waals surface area contributed by atoms with Gasteiger partial charge in [-0.3, -0.25) is 19.3 Å². The highest BCUT2D eigenvalue weighted by atomic mass is 16.5. The van der Waals surface area contributed by atoms with E-state index in [1.165, 1.54) is 4.90 Å². The Morgan fingerprint density at radius 1 is 1.17 bits per heavy atom. The highest BCUT2D eigenvalue weighted by molar-refractivity contribution is 6.02. The summed E-state index contributed by atoms with van der Waals surface area (Å²) >= 11 is 0. The Balaban J connectivity index is 1.71. The van der Waals surface area contributed by atoms with Crippen LogP contribution >= 0.6 is 0 Å². The summed E-state index contributed by atoms with van der Waals surface area (Å²) in [7, 11) is 0. The van der Waals surface area contributed by atoms with E-state index in [0.29, 0.717) is 13.2 Å². The maximum Gasteiger partial charge on any atom is 0.229 e. The number of ether oxygens (including phenoxy) is 1. The van der Waals surface area contributed by atoms with Gasteiger partial charge in [0.2, 0.25) is 17.7 Å². The van der Waals surface area contributed by atoms with Crippen molar-refractivity contribution < 1.29 is 19.1 Å². The average Bonchev–Trinajstić information content (AvgIpc) is 2.88. The lowest BCUT2D eigenvalue weighted by atomic mass is 10.2. The van der Waals surface area contributed by atoms with Crippen LogP contribution in [0.25, 0.3) is 0 Å². The van der Waals surface area contributed by atoms with Crippen molar-refractivity contribution in [2.45, 2.75) is 39.2 Å². The molecule has 1 aliphatic rings. The number of rotatable bonds is 8. The number of benzene rings is 1. The van der Waals surface area contributed by atoms with Gasteiger partial charge in [0, 0.05) is 32.4 Å². The van der Waals surface area contributed by atoms with E-state index < -0.39 is 0 Å². The standard InChI is InChI=1S/C17H22N2O4/c1-2-11-23-14-5-3-13(4-6-14)12-18-15(20)9-10-19-16(21)7-8-17(19)22/h3-6H,2,7-12H2,1H3,(H,18,20). The molecule has 0 aliphatic carbocycles. The summed E-state index contributed by atoms with van der Waals surface area (Å²) in [5.74, 6) is 0.257. The molecule has 3 amide bonds. The van der Waals surface area contributed by atoms with Crippen molar-refractivity contribution in [2.24, 2.45) is 0 Å². The minimum Gasteiger partial charge on any atom is -0.494 e. The van der Waals surface area contributed by atoms with E-state index in [1.807, 2.05) is 31.2 Å². The number of amides is 3. The van der Waals surface area contributed by atoms with Gasteiger partial charge in [-0.15, -0.1) is 0 Å². The molecule has 1 aromatic rings. The molecular weight excluding hydrogens is 296 g/mol. The molecule has 0 radical (unpaired) electrons. The smallest absolute Gasteiger partial charge is 0.229 e. The summed E-state index contributed by atoms with van der Waals surface area (Å²) in [6.45, 7) is 3.30. The van der Waals surface area contributed by atoms with Crippen molar-refractivity contribution in [1.82, 2.24) is 10.2 Å². The second-order valence-electron chi connectivity index (χ2n) is 5.46. The van der Waals surface area contributed by atoms with Crippen LogP contribution in [0.15, 0.2) is 24.3 Å². The van der Waals surface area contributed by atoms with Crippen LogP contribution in [0.1, 0.15) is 38.2 Å². The summed E-state index contributed by atoms with van der Waals surface area (Å²) in [5, 5.41) is 2.79. The number of carbonyl (C=O) groups is 3. The normalized spacial score (nSPS) is 14.2. The molecule has 1 heterocycles. The topological polar surface area (TPSA) is 75.7 Å². The van der Waals surface area contributed by atoms with Crippen LogP contribution in [-0.2, 0) is 20.9 Å². The predicted molar refractivity (Wildman–Crippen MR) is 84.6 cm³/mol. The Morgan fingerprint density at radius 3 is 2.43 bits per heavy atom. The molecule has 2 rings (SSSR count). The van der Waals surface area contributed by atoms with Gasteiger partial charge in [0.15, 0.2) is 0 Å². The fraction of sp³-hybridized carbons (Fsp3) is 0.471. The third-order valence-electron chi connectivity index (χ3n) is 3.60. The van der Waals surface area contributed by atoms with Crippen molar-refractivity contribution >= 4 is 17.7 Å². The number of nitrogens with one attached hydrogen (secondary N) is 1. The minimum atomic E-state index is -0.189. The molecule has 1 saturated heterocycles. The first-order valence-electron chi connectivity index (χ1n) is 7.91. The zero-order valence-corrected chi connectivity index (χ0v) is 13.3. The van der Waals surface area contributed by atoms with Crippen LogP contribution in [0.4, 0.5) is 0 Å². The largest absolute Gasteiger partial charge is 0.494 e. The summed E-state index contributed by atoms with van der Waals surface area (Å²) in [5.41, 5.74) is 0.968. The molecule has 6 nitrogen and oxygen atoms in total. The highest BCUT2D eigenvalue weighted by Crippen LogP contribution is 2.13. The molecule has 0 saturated carbocycles. The van der Waals surface area contributed by atoms with Crippen molar-refractivity contribution in [1.29, 1.82) is 0 Å². The van der Waals surface area contributed by atoms with E-state index >= 15 is 0 Å². The molecule has 0 spiro atoms. The molecule has 1 N–H and O–H groups in total. The summed E-state index contributed by atoms with van der Waals surface area (Å²) < 4.78 is 5.49. The Morgan fingerprint density at radius 2 is 1.83 bits per heavy atom. The number of carbonyl (C=O) groups excluding carboxylic acids is 3. The van der Waals surface area contributed by atoms with Gasteiger partial charge >= 0.3 is 0 Å². The Bertz CT molecular complexity index is 552. The van der Waals surface area contributed by atoms with Gasteiger partial charge < -0.3 is 10.1 Å². The highest BCUT2D eigenvalue weighted by Gasteiger charge is 2.28. The van der Waals surface area contributed by atoms with E-state index in [0.717, 1.165) is 17.7 Å². The van der Waals surface area contributed by atoms with Gasteiger partial charge in [-0.2, -0.15) is 0 Å². The minimum absolute atomic E-state index is 0.134. The summed E-state index contributed by atoms with van der Waals surface area (Å²) in [6, 6.07) is 7.55. The summed E-state index contributed by atoms with van der Waals surface area (Å²) in [6.07, 6.45) is 1.61. The molecule has 124 valence electrons. The molecule has 1 fully saturated rings. The van der Waals surface area contributed by atoms with E-state index in [9.17, 15) is 14.4 Å². The fourth-order valence-corrected chi connectivity index (χ4v) is 2.30. The first-order valence-corrected chi connectivity index (χ1v) is 7.91. The van der Waals surface area contributed by atoms with Crippen LogP contribution < -0.4 is 10.1 Å². The van der Waals surface area contributed by atoms with Gasteiger partial charge in [-0.1, -0.05) is 19.1 Å². The molecule has 0 bridgehead atoms. The Kier molecular flexibility index (Phi) is 6.14. The molecular formula is C17H22N2O4. The first kappa shape index (κ1) is 17.0. The fourth-order valence-electron chi connectivity index (χ4n) is 2.30. The Hall–Kier alpha value is -2.37. The van der Waals surface area contributed by atoms with Crippen molar-refractivity contribution in [3.8, 4) is 5.75 Å². The van der Waals surface area contributed by atoms with Gasteiger partial charge in [-0.25, -0.2) is 0 Å². The monoisotopic (exact) mass is 318 g/mol. The molecule has 0 unspecified atom stereocenters. The van der Waals surface area contributed by atoms with Crippen LogP contribution in [-0.4, -0.2) is 35.8 Å². The van der Waals surface area contributed by atoms with Crippen LogP contribution in [0.3, 0.4) is 0 Å². The zero-order valence-electron chi connectivity index (χ0n) is 13.3. The van der Waals surface area contributed by atoms with E-state index in [4.69, 9.17) is 4.74 Å². The quantitative estimate of drug-likeness (QED) is 0.739. The number of hydrogen-bond acceptors (Lipinski definition) is 4. The molecule has 0 atom stereocenters. The second kappa shape index (κ2) is 8.31. The molecule has 1 aromatic carbocycles. The van der Waals surface area contributed by atoms with E-state index in [2.05, 4.69) is 5.32 Å². The number of likely N-dealkylation sites (tertiary alicyclic amines) is 1. The van der Waals surface area contributed by atoms with Crippen molar-refractivity contribution in [2.75, 3.05) is 13.2 Å². The Labute approximate surface area is 135 Å². The van der Waals surface area contributed by atoms with Gasteiger partial charge in [-0.05, 0) is 24.1 Å². The average molecular weight is 318 g/mol. The van der Waals surface area contributed by atoms with E-state index in [-0.39, 0.29) is 43.5 Å². The summed E-state index contributed by atoms with van der Waals surface area (Å²) in [4.78, 5) is 35.9. The lowest BCUT2D eigenvalue weighted by Gasteiger charge is -2.13. The molecule has 1 aliphatic heterocycles. The molecule has 6 heteroatoms. The molecule has 23 heavy (non-hydrogen) atoms. The van der Waals surface area contributed by atoms with Gasteiger partial charge in [0.25, 0.3) is 0 Å². The second-order valence-corrected chi connectivity index (χ2v) is 5.46. The number of nitrogens with zero attached hydrogens (tertiary/aromatic N) is 1. The van der Waals surface area contributed by atoms with Crippen molar-refractivity contribution in [3.63, 3.8) is 0 Å². The predicted octanol–water partition coefficient (Wildman–Crippen LogP) is 1.63. The lowest BCUT2D eigenvalue weighted by molar-refractivity contribution is -0.138. The van der Waals surface area contributed by atoms with Crippen LogP contribution in [0, 0.1) is 0 Å². The lowest BCUT2D eigenvalue weighted by Crippen LogP contribution is -2.34. The first-order chi connectivity index (χ1) is 11.1. The number of imide groups is 1. The van der Waals surface area contributed by atoms with Gasteiger partial charge in [0.1, 0.15) is 5.75 Å². The maximum absolute atomic E-state index is 11.8. The number of hydrogen-bond donors (Lipinski definition) is 1. The van der Waals surface area contributed by atoms with Gasteiger partial charge in [0.05, 0.1) is 6.61 Å². The van der Waals surface area contributed by atoms with E-state index in [1.54, 1.807) is 0 Å². The maximum atomic E-state index is 11.8. The SMILES string of the molecule is CCCOc1ccc(CNC(=O)CCN2C(=O)CCC2=O)cc1. The van der Waals surface area contributed by atoms with Crippen molar-refractivity contribution in [3.05, 3.63) is 29.8 Å².